The monoisotopic (exact) mass is 424 g/mol. The summed E-state index contributed by atoms with van der Waals surface area (Å²) in [4.78, 5) is 14.5. The number of carbonyl (C=O) groups excluding carboxylic acids is 1. The maximum absolute atomic E-state index is 12.5. The van der Waals surface area contributed by atoms with Gasteiger partial charge >= 0.3 is 0 Å². The van der Waals surface area contributed by atoms with Crippen LogP contribution in [-0.2, 0) is 6.61 Å². The topological polar surface area (TPSA) is 41.6 Å². The molecule has 6 heteroatoms. The first-order valence-corrected chi connectivity index (χ1v) is 8.99. The van der Waals surface area contributed by atoms with Gasteiger partial charge in [0.15, 0.2) is 0 Å². The molecule has 3 rings (SSSR count). The number of nitrogens with one attached hydrogen (secondary N) is 1. The van der Waals surface area contributed by atoms with Crippen LogP contribution in [0.15, 0.2) is 53.0 Å². The smallest absolute Gasteiger partial charge is 0.253 e. The standard InChI is InChI=1S/C19H21BrN2O2.ClH/c20-17-4-1-2-5-18(17)24-14-15-6-8-16(9-7-15)19(23)22-12-3-10-21-11-13-22;/h1-2,4-9,21H,3,10-14H2;1H. The summed E-state index contributed by atoms with van der Waals surface area (Å²) in [6, 6.07) is 15.5. The Morgan fingerprint density at radius 2 is 1.84 bits per heavy atom. The van der Waals surface area contributed by atoms with Crippen LogP contribution in [0.3, 0.4) is 0 Å². The number of benzene rings is 2. The number of ether oxygens (including phenoxy) is 1. The molecule has 2 aromatic carbocycles. The molecular formula is C19H22BrClN2O2. The van der Waals surface area contributed by atoms with E-state index in [1.54, 1.807) is 0 Å². The van der Waals surface area contributed by atoms with Crippen LogP contribution in [0.1, 0.15) is 22.3 Å². The molecule has 0 radical (unpaired) electrons. The van der Waals surface area contributed by atoms with E-state index in [0.29, 0.717) is 6.61 Å². The zero-order chi connectivity index (χ0) is 16.8. The first kappa shape index (κ1) is 19.8. The lowest BCUT2D eigenvalue weighted by molar-refractivity contribution is 0.0766. The van der Waals surface area contributed by atoms with Gasteiger partial charge in [-0.3, -0.25) is 4.79 Å². The summed E-state index contributed by atoms with van der Waals surface area (Å²) in [7, 11) is 0. The van der Waals surface area contributed by atoms with Crippen molar-refractivity contribution >= 4 is 34.2 Å². The number of rotatable bonds is 4. The van der Waals surface area contributed by atoms with Gasteiger partial charge in [0.2, 0.25) is 0 Å². The van der Waals surface area contributed by atoms with Gasteiger partial charge in [0, 0.05) is 25.2 Å². The second-order valence-electron chi connectivity index (χ2n) is 5.81. The van der Waals surface area contributed by atoms with E-state index in [-0.39, 0.29) is 18.3 Å². The predicted octanol–water partition coefficient (Wildman–Crippen LogP) is 3.89. The first-order chi connectivity index (χ1) is 11.7. The molecular weight excluding hydrogens is 404 g/mol. The van der Waals surface area contributed by atoms with Crippen molar-refractivity contribution in [3.63, 3.8) is 0 Å². The highest BCUT2D eigenvalue weighted by atomic mass is 79.9. The highest BCUT2D eigenvalue weighted by Crippen LogP contribution is 2.24. The molecule has 0 spiro atoms. The van der Waals surface area contributed by atoms with E-state index in [4.69, 9.17) is 4.74 Å². The Hall–Kier alpha value is -1.56. The number of para-hydroxylation sites is 1. The Labute approximate surface area is 163 Å². The minimum Gasteiger partial charge on any atom is -0.488 e. The summed E-state index contributed by atoms with van der Waals surface area (Å²) in [5, 5.41) is 3.32. The van der Waals surface area contributed by atoms with E-state index in [0.717, 1.165) is 53.9 Å². The Balaban J connectivity index is 0.00000225. The molecule has 0 atom stereocenters. The van der Waals surface area contributed by atoms with Gasteiger partial charge in [-0.2, -0.15) is 0 Å². The van der Waals surface area contributed by atoms with Crippen LogP contribution in [-0.4, -0.2) is 37.0 Å². The van der Waals surface area contributed by atoms with Crippen molar-refractivity contribution < 1.29 is 9.53 Å². The molecule has 0 aromatic heterocycles. The molecule has 1 saturated heterocycles. The van der Waals surface area contributed by atoms with Crippen LogP contribution in [0.25, 0.3) is 0 Å². The zero-order valence-corrected chi connectivity index (χ0v) is 16.3. The van der Waals surface area contributed by atoms with E-state index in [1.165, 1.54) is 0 Å². The zero-order valence-electron chi connectivity index (χ0n) is 13.9. The van der Waals surface area contributed by atoms with Crippen molar-refractivity contribution in [1.29, 1.82) is 0 Å². The SMILES string of the molecule is Cl.O=C(c1ccc(COc2ccccc2Br)cc1)N1CCCNCC1. The Bertz CT molecular complexity index is 686. The summed E-state index contributed by atoms with van der Waals surface area (Å²) >= 11 is 3.47. The van der Waals surface area contributed by atoms with Crippen LogP contribution in [0.4, 0.5) is 0 Å². The third-order valence-corrected chi connectivity index (χ3v) is 4.71. The average Bonchev–Trinajstić information content (AvgIpc) is 2.90. The van der Waals surface area contributed by atoms with Crippen molar-refractivity contribution in [2.45, 2.75) is 13.0 Å². The van der Waals surface area contributed by atoms with Gasteiger partial charge < -0.3 is 15.0 Å². The maximum Gasteiger partial charge on any atom is 0.253 e. The van der Waals surface area contributed by atoms with Crippen LogP contribution >= 0.6 is 28.3 Å². The van der Waals surface area contributed by atoms with E-state index in [1.807, 2.05) is 53.4 Å². The molecule has 4 nitrogen and oxygen atoms in total. The van der Waals surface area contributed by atoms with E-state index >= 15 is 0 Å². The number of carbonyl (C=O) groups is 1. The maximum atomic E-state index is 12.5. The second kappa shape index (κ2) is 9.80. The number of hydrogen-bond acceptors (Lipinski definition) is 3. The molecule has 2 aromatic rings. The fraction of sp³-hybridized carbons (Fsp3) is 0.316. The molecule has 0 bridgehead atoms. The fourth-order valence-corrected chi connectivity index (χ4v) is 3.10. The summed E-state index contributed by atoms with van der Waals surface area (Å²) in [6.07, 6.45) is 1.00. The molecule has 1 aliphatic heterocycles. The van der Waals surface area contributed by atoms with Crippen molar-refractivity contribution in [2.75, 3.05) is 26.2 Å². The largest absolute Gasteiger partial charge is 0.488 e. The van der Waals surface area contributed by atoms with Gasteiger partial charge in [-0.25, -0.2) is 0 Å². The van der Waals surface area contributed by atoms with Crippen molar-refractivity contribution in [3.8, 4) is 5.75 Å². The molecule has 1 N–H and O–H groups in total. The summed E-state index contributed by atoms with van der Waals surface area (Å²) < 4.78 is 6.74. The highest BCUT2D eigenvalue weighted by molar-refractivity contribution is 9.10. The molecule has 0 saturated carbocycles. The van der Waals surface area contributed by atoms with E-state index < -0.39 is 0 Å². The van der Waals surface area contributed by atoms with Gasteiger partial charge in [0.05, 0.1) is 4.47 Å². The van der Waals surface area contributed by atoms with Gasteiger partial charge in [-0.05, 0) is 58.7 Å². The highest BCUT2D eigenvalue weighted by Gasteiger charge is 2.16. The van der Waals surface area contributed by atoms with Gasteiger partial charge in [-0.1, -0.05) is 24.3 Å². The summed E-state index contributed by atoms with van der Waals surface area (Å²) in [5.41, 5.74) is 1.78. The predicted molar refractivity (Wildman–Crippen MR) is 106 cm³/mol. The lowest BCUT2D eigenvalue weighted by atomic mass is 10.1. The summed E-state index contributed by atoms with van der Waals surface area (Å²) in [5.74, 6) is 0.923. The van der Waals surface area contributed by atoms with Crippen LogP contribution in [0, 0.1) is 0 Å². The normalized spacial score (nSPS) is 14.4. The van der Waals surface area contributed by atoms with Gasteiger partial charge in [-0.15, -0.1) is 12.4 Å². The second-order valence-corrected chi connectivity index (χ2v) is 6.67. The number of amides is 1. The van der Waals surface area contributed by atoms with E-state index in [2.05, 4.69) is 21.2 Å². The molecule has 1 amide bonds. The van der Waals surface area contributed by atoms with Crippen molar-refractivity contribution in [2.24, 2.45) is 0 Å². The number of hydrogen-bond donors (Lipinski definition) is 1. The minimum atomic E-state index is 0. The van der Waals surface area contributed by atoms with Crippen LogP contribution in [0.5, 0.6) is 5.75 Å². The van der Waals surface area contributed by atoms with Gasteiger partial charge in [0.1, 0.15) is 12.4 Å². The Morgan fingerprint density at radius 3 is 2.60 bits per heavy atom. The number of nitrogens with zero attached hydrogens (tertiary/aromatic N) is 1. The fourth-order valence-electron chi connectivity index (χ4n) is 2.70. The first-order valence-electron chi connectivity index (χ1n) is 8.20. The van der Waals surface area contributed by atoms with Crippen LogP contribution < -0.4 is 10.1 Å². The molecule has 1 aliphatic rings. The minimum absolute atomic E-state index is 0. The molecule has 0 aliphatic carbocycles. The van der Waals surface area contributed by atoms with Gasteiger partial charge in [0.25, 0.3) is 5.91 Å². The molecule has 1 fully saturated rings. The molecule has 0 unspecified atom stereocenters. The average molecular weight is 426 g/mol. The number of halogens is 2. The Kier molecular flexibility index (Phi) is 7.75. The van der Waals surface area contributed by atoms with E-state index in [9.17, 15) is 4.79 Å². The molecule has 25 heavy (non-hydrogen) atoms. The van der Waals surface area contributed by atoms with Crippen LogP contribution in [0.2, 0.25) is 0 Å². The third kappa shape index (κ3) is 5.46. The Morgan fingerprint density at radius 1 is 1.08 bits per heavy atom. The molecule has 134 valence electrons. The quantitative estimate of drug-likeness (QED) is 0.808. The van der Waals surface area contributed by atoms with Crippen molar-refractivity contribution in [3.05, 3.63) is 64.1 Å². The lowest BCUT2D eigenvalue weighted by Crippen LogP contribution is -2.34. The lowest BCUT2D eigenvalue weighted by Gasteiger charge is -2.20. The molecule has 1 heterocycles. The third-order valence-electron chi connectivity index (χ3n) is 4.06. The summed E-state index contributed by atoms with van der Waals surface area (Å²) in [6.45, 7) is 3.91. The van der Waals surface area contributed by atoms with Crippen molar-refractivity contribution in [1.82, 2.24) is 10.2 Å².